The molecule has 0 saturated heterocycles. The number of hydrogen-bond donors (Lipinski definition) is 2. The second-order valence-corrected chi connectivity index (χ2v) is 5.98. The predicted molar refractivity (Wildman–Crippen MR) is 89.6 cm³/mol. The Morgan fingerprint density at radius 2 is 2.14 bits per heavy atom. The number of carbonyl (C=O) groups excluding carboxylic acids is 1. The molecule has 1 aromatic heterocycles. The molecule has 22 heavy (non-hydrogen) atoms. The zero-order chi connectivity index (χ0) is 15.8. The Labute approximate surface area is 134 Å². The highest BCUT2D eigenvalue weighted by molar-refractivity contribution is 7.99. The van der Waals surface area contributed by atoms with Crippen LogP contribution in [0.15, 0.2) is 41.0 Å². The molecule has 1 aromatic carbocycles. The summed E-state index contributed by atoms with van der Waals surface area (Å²) in [6, 6.07) is 10.0. The first kappa shape index (κ1) is 16.6. The number of nitrogens with one attached hydrogen (secondary N) is 2. The van der Waals surface area contributed by atoms with Crippen LogP contribution in [-0.4, -0.2) is 36.3 Å². The Balaban J connectivity index is 1.74. The van der Waals surface area contributed by atoms with E-state index in [1.807, 2.05) is 44.3 Å². The SMILES string of the molecule is CNC(C)CNC(=O)CSCc1coc(-c2ccccc2)n1. The molecule has 1 amide bonds. The first-order chi connectivity index (χ1) is 10.7. The number of aromatic nitrogens is 1. The molecule has 6 heteroatoms. The number of benzene rings is 1. The van der Waals surface area contributed by atoms with Crippen LogP contribution in [0.5, 0.6) is 0 Å². The quantitative estimate of drug-likeness (QED) is 0.781. The number of carbonyl (C=O) groups is 1. The van der Waals surface area contributed by atoms with Crippen LogP contribution in [0.2, 0.25) is 0 Å². The van der Waals surface area contributed by atoms with Crippen molar-refractivity contribution in [3.8, 4) is 11.5 Å². The summed E-state index contributed by atoms with van der Waals surface area (Å²) in [5.41, 5.74) is 1.80. The van der Waals surface area contributed by atoms with Gasteiger partial charge < -0.3 is 15.1 Å². The van der Waals surface area contributed by atoms with Crippen molar-refractivity contribution in [2.24, 2.45) is 0 Å². The van der Waals surface area contributed by atoms with Gasteiger partial charge in [-0.3, -0.25) is 4.79 Å². The maximum atomic E-state index is 11.7. The average molecular weight is 319 g/mol. The molecule has 0 saturated carbocycles. The van der Waals surface area contributed by atoms with E-state index < -0.39 is 0 Å². The second kappa shape index (κ2) is 8.60. The normalized spacial score (nSPS) is 12.1. The van der Waals surface area contributed by atoms with E-state index in [1.54, 1.807) is 6.26 Å². The lowest BCUT2D eigenvalue weighted by atomic mass is 10.2. The van der Waals surface area contributed by atoms with Crippen LogP contribution in [0.1, 0.15) is 12.6 Å². The molecular formula is C16H21N3O2S. The molecule has 0 aliphatic rings. The van der Waals surface area contributed by atoms with Crippen molar-refractivity contribution in [3.63, 3.8) is 0 Å². The van der Waals surface area contributed by atoms with E-state index in [-0.39, 0.29) is 11.9 Å². The largest absolute Gasteiger partial charge is 0.444 e. The Kier molecular flexibility index (Phi) is 6.48. The van der Waals surface area contributed by atoms with Gasteiger partial charge in [-0.25, -0.2) is 4.98 Å². The molecule has 1 atom stereocenters. The molecule has 2 N–H and O–H groups in total. The third-order valence-electron chi connectivity index (χ3n) is 3.15. The van der Waals surface area contributed by atoms with Gasteiger partial charge in [0.25, 0.3) is 0 Å². The fourth-order valence-electron chi connectivity index (χ4n) is 1.75. The third-order valence-corrected chi connectivity index (χ3v) is 4.12. The molecule has 0 aliphatic carbocycles. The molecule has 0 radical (unpaired) electrons. The van der Waals surface area contributed by atoms with Gasteiger partial charge in [0.2, 0.25) is 11.8 Å². The summed E-state index contributed by atoms with van der Waals surface area (Å²) in [5, 5.41) is 5.96. The Bertz CT molecular complexity index is 586. The smallest absolute Gasteiger partial charge is 0.230 e. The summed E-state index contributed by atoms with van der Waals surface area (Å²) in [7, 11) is 1.88. The monoisotopic (exact) mass is 319 g/mol. The van der Waals surface area contributed by atoms with Crippen molar-refractivity contribution >= 4 is 17.7 Å². The standard InChI is InChI=1S/C16H21N3O2S/c1-12(17-2)8-18-15(20)11-22-10-14-9-21-16(19-14)13-6-4-3-5-7-13/h3-7,9,12,17H,8,10-11H2,1-2H3,(H,18,20). The summed E-state index contributed by atoms with van der Waals surface area (Å²) in [5.74, 6) is 1.73. The second-order valence-electron chi connectivity index (χ2n) is 5.00. The van der Waals surface area contributed by atoms with Gasteiger partial charge in [-0.15, -0.1) is 11.8 Å². The minimum atomic E-state index is 0.0406. The lowest BCUT2D eigenvalue weighted by Crippen LogP contribution is -2.37. The summed E-state index contributed by atoms with van der Waals surface area (Å²) in [6.45, 7) is 2.66. The molecular weight excluding hydrogens is 298 g/mol. The Hall–Kier alpha value is -1.79. The van der Waals surface area contributed by atoms with Crippen LogP contribution in [0.3, 0.4) is 0 Å². The van der Waals surface area contributed by atoms with Crippen LogP contribution in [-0.2, 0) is 10.5 Å². The molecule has 0 aliphatic heterocycles. The molecule has 0 spiro atoms. The molecule has 2 rings (SSSR count). The minimum absolute atomic E-state index is 0.0406. The molecule has 2 aromatic rings. The third kappa shape index (κ3) is 5.20. The van der Waals surface area contributed by atoms with Crippen molar-refractivity contribution < 1.29 is 9.21 Å². The zero-order valence-corrected chi connectivity index (χ0v) is 13.7. The summed E-state index contributed by atoms with van der Waals surface area (Å²) >= 11 is 1.53. The Morgan fingerprint density at radius 3 is 2.86 bits per heavy atom. The number of hydrogen-bond acceptors (Lipinski definition) is 5. The van der Waals surface area contributed by atoms with Gasteiger partial charge in [-0.05, 0) is 26.1 Å². The van der Waals surface area contributed by atoms with Crippen LogP contribution in [0, 0.1) is 0 Å². The van der Waals surface area contributed by atoms with Gasteiger partial charge in [0.05, 0.1) is 11.4 Å². The summed E-state index contributed by atoms with van der Waals surface area (Å²) < 4.78 is 5.47. The van der Waals surface area contributed by atoms with Crippen LogP contribution >= 0.6 is 11.8 Å². The van der Waals surface area contributed by atoms with E-state index in [0.717, 1.165) is 11.3 Å². The van der Waals surface area contributed by atoms with E-state index in [9.17, 15) is 4.79 Å². The van der Waals surface area contributed by atoms with Gasteiger partial charge in [-0.2, -0.15) is 0 Å². The van der Waals surface area contributed by atoms with E-state index >= 15 is 0 Å². The van der Waals surface area contributed by atoms with Gasteiger partial charge >= 0.3 is 0 Å². The fraction of sp³-hybridized carbons (Fsp3) is 0.375. The lowest BCUT2D eigenvalue weighted by Gasteiger charge is -2.10. The fourth-order valence-corrected chi connectivity index (χ4v) is 2.49. The summed E-state index contributed by atoms with van der Waals surface area (Å²) in [6.07, 6.45) is 1.65. The van der Waals surface area contributed by atoms with Crippen LogP contribution < -0.4 is 10.6 Å². The van der Waals surface area contributed by atoms with E-state index in [0.29, 0.717) is 23.9 Å². The first-order valence-electron chi connectivity index (χ1n) is 7.20. The highest BCUT2D eigenvalue weighted by atomic mass is 32.2. The van der Waals surface area contributed by atoms with Crippen molar-refractivity contribution in [2.45, 2.75) is 18.7 Å². The molecule has 1 unspecified atom stereocenters. The number of oxazole rings is 1. The predicted octanol–water partition coefficient (Wildman–Crippen LogP) is 2.30. The summed E-state index contributed by atoms with van der Waals surface area (Å²) in [4.78, 5) is 16.1. The topological polar surface area (TPSA) is 67.2 Å². The number of nitrogens with zero attached hydrogens (tertiary/aromatic N) is 1. The Morgan fingerprint density at radius 1 is 1.36 bits per heavy atom. The number of likely N-dealkylation sites (N-methyl/N-ethyl adjacent to an activating group) is 1. The van der Waals surface area contributed by atoms with Crippen molar-refractivity contribution in [2.75, 3.05) is 19.3 Å². The van der Waals surface area contributed by atoms with Crippen molar-refractivity contribution in [1.29, 1.82) is 0 Å². The van der Waals surface area contributed by atoms with Gasteiger partial charge in [-0.1, -0.05) is 18.2 Å². The van der Waals surface area contributed by atoms with Gasteiger partial charge in [0, 0.05) is 23.9 Å². The van der Waals surface area contributed by atoms with E-state index in [1.165, 1.54) is 11.8 Å². The highest BCUT2D eigenvalue weighted by Gasteiger charge is 2.08. The molecule has 5 nitrogen and oxygen atoms in total. The van der Waals surface area contributed by atoms with Crippen molar-refractivity contribution in [3.05, 3.63) is 42.3 Å². The number of thioether (sulfide) groups is 1. The number of amides is 1. The van der Waals surface area contributed by atoms with Crippen molar-refractivity contribution in [1.82, 2.24) is 15.6 Å². The maximum absolute atomic E-state index is 11.7. The van der Waals surface area contributed by atoms with Crippen LogP contribution in [0.4, 0.5) is 0 Å². The first-order valence-corrected chi connectivity index (χ1v) is 8.36. The molecule has 1 heterocycles. The maximum Gasteiger partial charge on any atom is 0.230 e. The number of rotatable bonds is 8. The minimum Gasteiger partial charge on any atom is -0.444 e. The van der Waals surface area contributed by atoms with E-state index in [2.05, 4.69) is 15.6 Å². The van der Waals surface area contributed by atoms with Gasteiger partial charge in [0.15, 0.2) is 0 Å². The van der Waals surface area contributed by atoms with Crippen LogP contribution in [0.25, 0.3) is 11.5 Å². The average Bonchev–Trinajstić information content (AvgIpc) is 3.02. The highest BCUT2D eigenvalue weighted by Crippen LogP contribution is 2.20. The lowest BCUT2D eigenvalue weighted by molar-refractivity contribution is -0.118. The van der Waals surface area contributed by atoms with E-state index in [4.69, 9.17) is 4.42 Å². The molecule has 118 valence electrons. The van der Waals surface area contributed by atoms with Gasteiger partial charge in [0.1, 0.15) is 6.26 Å². The molecule has 0 bridgehead atoms. The zero-order valence-electron chi connectivity index (χ0n) is 12.8. The molecule has 0 fully saturated rings.